The molecule has 0 spiro atoms. The number of likely N-dealkylation sites (tertiary alicyclic amines) is 2. The van der Waals surface area contributed by atoms with Crippen LogP contribution in [-0.4, -0.2) is 76.7 Å². The summed E-state index contributed by atoms with van der Waals surface area (Å²) in [6, 6.07) is -1.33. The molecule has 0 radical (unpaired) electrons. The van der Waals surface area contributed by atoms with Crippen molar-refractivity contribution in [1.82, 2.24) is 15.1 Å². The largest absolute Gasteiger partial charge is 0.480 e. The van der Waals surface area contributed by atoms with Crippen LogP contribution in [0.4, 0.5) is 4.79 Å². The molecular weight excluding hydrogens is 278 g/mol. The number of aliphatic carboxylic acids is 1. The summed E-state index contributed by atoms with van der Waals surface area (Å²) in [4.78, 5) is 37.9. The Morgan fingerprint density at radius 2 is 1.81 bits per heavy atom. The summed E-state index contributed by atoms with van der Waals surface area (Å²) in [6.07, 6.45) is 0.410. The quantitative estimate of drug-likeness (QED) is 0.611. The molecule has 0 aromatic heterocycles. The van der Waals surface area contributed by atoms with E-state index in [1.54, 1.807) is 11.9 Å². The molecule has 2 rings (SSSR count). The third kappa shape index (κ3) is 3.26. The number of carbonyl (C=O) groups is 3. The van der Waals surface area contributed by atoms with E-state index in [9.17, 15) is 19.5 Å². The molecule has 118 valence electrons. The summed E-state index contributed by atoms with van der Waals surface area (Å²) in [6.45, 7) is 0.900. The first-order valence-corrected chi connectivity index (χ1v) is 7.12. The first-order valence-electron chi connectivity index (χ1n) is 7.12. The number of aliphatic hydroxyl groups excluding tert-OH is 1. The lowest BCUT2D eigenvalue weighted by molar-refractivity contribution is -0.141. The minimum atomic E-state index is -1.10. The number of amides is 3. The van der Waals surface area contributed by atoms with E-state index in [4.69, 9.17) is 5.11 Å². The third-order valence-electron chi connectivity index (χ3n) is 4.19. The van der Waals surface area contributed by atoms with Crippen molar-refractivity contribution in [3.05, 3.63) is 0 Å². The summed E-state index contributed by atoms with van der Waals surface area (Å²) >= 11 is 0. The fourth-order valence-electron chi connectivity index (χ4n) is 2.98. The third-order valence-corrected chi connectivity index (χ3v) is 4.19. The number of β-amino-alcohol motifs (C(OH)–C–C–N with tert-alkyl or cyclic N) is 1. The van der Waals surface area contributed by atoms with Gasteiger partial charge < -0.3 is 25.3 Å². The highest BCUT2D eigenvalue weighted by Gasteiger charge is 2.41. The van der Waals surface area contributed by atoms with Crippen LogP contribution >= 0.6 is 0 Å². The maximum Gasteiger partial charge on any atom is 0.326 e. The Balaban J connectivity index is 1.95. The summed E-state index contributed by atoms with van der Waals surface area (Å²) in [7, 11) is 1.59. The number of rotatable bonds is 2. The number of hydrogen-bond acceptors (Lipinski definition) is 4. The Labute approximate surface area is 122 Å². The van der Waals surface area contributed by atoms with Crippen LogP contribution in [0.5, 0.6) is 0 Å². The van der Waals surface area contributed by atoms with E-state index in [0.29, 0.717) is 25.9 Å². The highest BCUT2D eigenvalue weighted by Crippen LogP contribution is 2.23. The maximum absolute atomic E-state index is 12.4. The smallest absolute Gasteiger partial charge is 0.326 e. The number of aliphatic hydroxyl groups is 1. The molecule has 2 aliphatic rings. The molecule has 3 amide bonds. The zero-order valence-corrected chi connectivity index (χ0v) is 12.0. The van der Waals surface area contributed by atoms with Gasteiger partial charge in [0.1, 0.15) is 6.04 Å². The fraction of sp³-hybridized carbons (Fsp3) is 0.769. The highest BCUT2D eigenvalue weighted by atomic mass is 16.4. The van der Waals surface area contributed by atoms with E-state index in [1.165, 1.54) is 4.90 Å². The van der Waals surface area contributed by atoms with Crippen LogP contribution in [0, 0.1) is 5.92 Å². The van der Waals surface area contributed by atoms with Gasteiger partial charge in [0.15, 0.2) is 0 Å². The summed E-state index contributed by atoms with van der Waals surface area (Å²) in [5.41, 5.74) is 0. The number of hydrogen-bond donors (Lipinski definition) is 3. The second-order valence-corrected chi connectivity index (χ2v) is 5.55. The normalized spacial score (nSPS) is 26.8. The monoisotopic (exact) mass is 299 g/mol. The van der Waals surface area contributed by atoms with Crippen molar-refractivity contribution < 1.29 is 24.6 Å². The van der Waals surface area contributed by atoms with Gasteiger partial charge in [0.2, 0.25) is 5.91 Å². The van der Waals surface area contributed by atoms with Crippen molar-refractivity contribution in [1.29, 1.82) is 0 Å². The molecule has 2 saturated heterocycles. The summed E-state index contributed by atoms with van der Waals surface area (Å²) < 4.78 is 0. The first-order chi connectivity index (χ1) is 9.93. The Morgan fingerprint density at radius 3 is 2.33 bits per heavy atom. The van der Waals surface area contributed by atoms with Gasteiger partial charge in [0, 0.05) is 39.0 Å². The second kappa shape index (κ2) is 6.30. The molecule has 8 nitrogen and oxygen atoms in total. The van der Waals surface area contributed by atoms with Crippen LogP contribution < -0.4 is 5.32 Å². The van der Waals surface area contributed by atoms with Crippen molar-refractivity contribution in [3.8, 4) is 0 Å². The van der Waals surface area contributed by atoms with E-state index in [-0.39, 0.29) is 30.8 Å². The summed E-state index contributed by atoms with van der Waals surface area (Å²) in [5, 5.41) is 21.3. The minimum absolute atomic E-state index is 0.0258. The molecule has 2 fully saturated rings. The number of carbonyl (C=O) groups excluding carboxylic acids is 2. The molecule has 2 aliphatic heterocycles. The molecule has 0 saturated carbocycles. The van der Waals surface area contributed by atoms with Crippen molar-refractivity contribution >= 4 is 17.9 Å². The average Bonchev–Trinajstić information content (AvgIpc) is 2.88. The number of piperidine rings is 1. The van der Waals surface area contributed by atoms with Crippen LogP contribution in [0.25, 0.3) is 0 Å². The lowest BCUT2D eigenvalue weighted by atomic mass is 9.96. The number of nitrogens with zero attached hydrogens (tertiary/aromatic N) is 2. The molecule has 0 aromatic rings. The highest BCUT2D eigenvalue weighted by molar-refractivity contribution is 5.84. The van der Waals surface area contributed by atoms with E-state index in [2.05, 4.69) is 5.32 Å². The van der Waals surface area contributed by atoms with Crippen LogP contribution in [0.3, 0.4) is 0 Å². The van der Waals surface area contributed by atoms with Gasteiger partial charge in [-0.25, -0.2) is 9.59 Å². The number of nitrogens with one attached hydrogen (secondary N) is 1. The van der Waals surface area contributed by atoms with Crippen LogP contribution in [0.2, 0.25) is 0 Å². The molecule has 0 aliphatic carbocycles. The molecule has 21 heavy (non-hydrogen) atoms. The lowest BCUT2D eigenvalue weighted by Gasteiger charge is -2.35. The Morgan fingerprint density at radius 1 is 1.19 bits per heavy atom. The van der Waals surface area contributed by atoms with Crippen LogP contribution in [0.1, 0.15) is 19.3 Å². The van der Waals surface area contributed by atoms with E-state index in [0.717, 1.165) is 0 Å². The minimum Gasteiger partial charge on any atom is -0.480 e. The van der Waals surface area contributed by atoms with Crippen molar-refractivity contribution in [2.24, 2.45) is 5.92 Å². The number of carboxylic acids is 1. The van der Waals surface area contributed by atoms with Gasteiger partial charge in [-0.3, -0.25) is 4.79 Å². The van der Waals surface area contributed by atoms with Gasteiger partial charge >= 0.3 is 12.0 Å². The van der Waals surface area contributed by atoms with E-state index >= 15 is 0 Å². The van der Waals surface area contributed by atoms with Crippen molar-refractivity contribution in [2.45, 2.75) is 31.4 Å². The number of carboxylic acid groups (broad SMARTS) is 1. The SMILES string of the molecule is CNC(=O)C1CCN(C(=O)N2CC(O)C[C@H]2C(=O)O)CC1. The molecule has 1 unspecified atom stereocenters. The predicted octanol–water partition coefficient (Wildman–Crippen LogP) is -0.916. The number of urea groups is 1. The van der Waals surface area contributed by atoms with Gasteiger partial charge in [-0.05, 0) is 12.8 Å². The Kier molecular flexibility index (Phi) is 4.66. The van der Waals surface area contributed by atoms with Crippen LogP contribution in [-0.2, 0) is 9.59 Å². The van der Waals surface area contributed by atoms with Crippen molar-refractivity contribution in [3.63, 3.8) is 0 Å². The van der Waals surface area contributed by atoms with Crippen molar-refractivity contribution in [2.75, 3.05) is 26.7 Å². The average molecular weight is 299 g/mol. The Bertz CT molecular complexity index is 434. The first kappa shape index (κ1) is 15.6. The zero-order valence-electron chi connectivity index (χ0n) is 12.0. The topological polar surface area (TPSA) is 110 Å². The van der Waals surface area contributed by atoms with Gasteiger partial charge in [-0.15, -0.1) is 0 Å². The van der Waals surface area contributed by atoms with Crippen LogP contribution in [0.15, 0.2) is 0 Å². The lowest BCUT2D eigenvalue weighted by Crippen LogP contribution is -2.51. The molecule has 8 heteroatoms. The molecule has 0 bridgehead atoms. The summed E-state index contributed by atoms with van der Waals surface area (Å²) in [5.74, 6) is -1.22. The van der Waals surface area contributed by atoms with E-state index in [1.807, 2.05) is 0 Å². The molecular formula is C13H21N3O5. The van der Waals surface area contributed by atoms with Gasteiger partial charge in [0.25, 0.3) is 0 Å². The standard InChI is InChI=1S/C13H21N3O5/c1-14-11(18)8-2-4-15(5-3-8)13(21)16-7-9(17)6-10(16)12(19)20/h8-10,17H,2-7H2,1H3,(H,14,18)(H,19,20)/t9?,10-/m0/s1. The molecule has 2 atom stereocenters. The predicted molar refractivity (Wildman–Crippen MR) is 72.5 cm³/mol. The molecule has 0 aromatic carbocycles. The van der Waals surface area contributed by atoms with Gasteiger partial charge in [0.05, 0.1) is 6.10 Å². The van der Waals surface area contributed by atoms with E-state index < -0.39 is 18.1 Å². The maximum atomic E-state index is 12.4. The molecule has 2 heterocycles. The fourth-order valence-corrected chi connectivity index (χ4v) is 2.98. The van der Waals surface area contributed by atoms with Gasteiger partial charge in [-0.1, -0.05) is 0 Å². The Hall–Kier alpha value is -1.83. The second-order valence-electron chi connectivity index (χ2n) is 5.55. The van der Waals surface area contributed by atoms with Gasteiger partial charge in [-0.2, -0.15) is 0 Å². The molecule has 3 N–H and O–H groups in total. The zero-order chi connectivity index (χ0) is 15.6.